The number of hydrogen-bond donors (Lipinski definition) is 1. The standard InChI is InChI=1S/C18H19N5O4/c1-4-13-19-10(2)15(27-13)17(24)20-16-14-11(22(3)21-16)6-5-7-12(14)23-8-9-26-18(23)25/h5-7H,4,8-9H2,1-3H3,(H,20,21,24). The number of carbonyl (C=O) groups is 2. The summed E-state index contributed by atoms with van der Waals surface area (Å²) in [5, 5.41) is 7.88. The molecular formula is C18H19N5O4. The number of cyclic esters (lactones) is 1. The first-order chi connectivity index (χ1) is 13.0. The fraction of sp³-hybridized carbons (Fsp3) is 0.333. The normalized spacial score (nSPS) is 14.0. The number of ether oxygens (including phenoxy) is 1. The number of aromatic nitrogens is 3. The molecule has 1 N–H and O–H groups in total. The van der Waals surface area contributed by atoms with Crippen molar-refractivity contribution in [2.45, 2.75) is 20.3 Å². The van der Waals surface area contributed by atoms with Gasteiger partial charge < -0.3 is 14.5 Å². The Balaban J connectivity index is 1.76. The van der Waals surface area contributed by atoms with Crippen LogP contribution in [0.25, 0.3) is 10.9 Å². The van der Waals surface area contributed by atoms with Crippen LogP contribution < -0.4 is 10.2 Å². The molecular weight excluding hydrogens is 350 g/mol. The highest BCUT2D eigenvalue weighted by atomic mass is 16.6. The van der Waals surface area contributed by atoms with Gasteiger partial charge in [-0.3, -0.25) is 14.4 Å². The van der Waals surface area contributed by atoms with E-state index >= 15 is 0 Å². The SMILES string of the molecule is CCc1nc(C)c(C(=O)Nc2nn(C)c3cccc(N4CCOC4=O)c23)o1. The molecule has 1 aliphatic rings. The van der Waals surface area contributed by atoms with E-state index in [4.69, 9.17) is 9.15 Å². The molecule has 0 saturated carbocycles. The van der Waals surface area contributed by atoms with E-state index in [2.05, 4.69) is 15.4 Å². The summed E-state index contributed by atoms with van der Waals surface area (Å²) in [4.78, 5) is 30.5. The molecule has 2 amide bonds. The van der Waals surface area contributed by atoms with Crippen molar-refractivity contribution in [1.29, 1.82) is 0 Å². The third-order valence-corrected chi connectivity index (χ3v) is 4.49. The number of rotatable bonds is 4. The van der Waals surface area contributed by atoms with Gasteiger partial charge in [0, 0.05) is 13.5 Å². The molecule has 4 rings (SSSR count). The number of nitrogens with one attached hydrogen (secondary N) is 1. The van der Waals surface area contributed by atoms with Gasteiger partial charge in [-0.05, 0) is 19.1 Å². The lowest BCUT2D eigenvalue weighted by atomic mass is 10.2. The molecule has 27 heavy (non-hydrogen) atoms. The number of anilines is 2. The van der Waals surface area contributed by atoms with Gasteiger partial charge in [-0.15, -0.1) is 0 Å². The Morgan fingerprint density at radius 2 is 2.19 bits per heavy atom. The molecule has 0 spiro atoms. The molecule has 9 heteroatoms. The highest BCUT2D eigenvalue weighted by molar-refractivity contribution is 6.12. The Kier molecular flexibility index (Phi) is 4.06. The molecule has 3 heterocycles. The number of benzene rings is 1. The Hall–Kier alpha value is -3.36. The quantitative estimate of drug-likeness (QED) is 0.758. The molecule has 140 valence electrons. The molecule has 0 unspecified atom stereocenters. The molecule has 0 atom stereocenters. The van der Waals surface area contributed by atoms with Crippen LogP contribution in [-0.2, 0) is 18.2 Å². The summed E-state index contributed by atoms with van der Waals surface area (Å²) in [6, 6.07) is 5.52. The number of hydrogen-bond acceptors (Lipinski definition) is 6. The maximum atomic E-state index is 12.7. The third kappa shape index (κ3) is 2.80. The van der Waals surface area contributed by atoms with E-state index in [1.807, 2.05) is 19.1 Å². The van der Waals surface area contributed by atoms with Crippen molar-refractivity contribution in [1.82, 2.24) is 14.8 Å². The molecule has 0 bridgehead atoms. The van der Waals surface area contributed by atoms with Crippen molar-refractivity contribution in [3.8, 4) is 0 Å². The van der Waals surface area contributed by atoms with E-state index in [1.54, 1.807) is 24.7 Å². The van der Waals surface area contributed by atoms with Gasteiger partial charge in [-0.1, -0.05) is 13.0 Å². The zero-order chi connectivity index (χ0) is 19.1. The predicted molar refractivity (Wildman–Crippen MR) is 98.0 cm³/mol. The second-order valence-corrected chi connectivity index (χ2v) is 6.24. The second kappa shape index (κ2) is 6.42. The van der Waals surface area contributed by atoms with E-state index in [0.717, 1.165) is 5.52 Å². The van der Waals surface area contributed by atoms with Crippen molar-refractivity contribution < 1.29 is 18.7 Å². The first-order valence-corrected chi connectivity index (χ1v) is 8.67. The molecule has 0 radical (unpaired) electrons. The Morgan fingerprint density at radius 3 is 2.85 bits per heavy atom. The van der Waals surface area contributed by atoms with E-state index in [0.29, 0.717) is 48.0 Å². The topological polar surface area (TPSA) is 102 Å². The molecule has 1 saturated heterocycles. The van der Waals surface area contributed by atoms with Crippen molar-refractivity contribution in [2.75, 3.05) is 23.4 Å². The van der Waals surface area contributed by atoms with Gasteiger partial charge in [0.2, 0.25) is 5.76 Å². The number of aryl methyl sites for hydroxylation is 3. The zero-order valence-corrected chi connectivity index (χ0v) is 15.3. The summed E-state index contributed by atoms with van der Waals surface area (Å²) < 4.78 is 12.2. The van der Waals surface area contributed by atoms with Crippen LogP contribution in [0.4, 0.5) is 16.3 Å². The van der Waals surface area contributed by atoms with Crippen LogP contribution >= 0.6 is 0 Å². The van der Waals surface area contributed by atoms with Gasteiger partial charge in [-0.2, -0.15) is 5.10 Å². The smallest absolute Gasteiger partial charge is 0.414 e. The highest BCUT2D eigenvalue weighted by Crippen LogP contribution is 2.34. The largest absolute Gasteiger partial charge is 0.447 e. The van der Waals surface area contributed by atoms with E-state index < -0.39 is 12.0 Å². The lowest BCUT2D eigenvalue weighted by Gasteiger charge is -2.14. The molecule has 9 nitrogen and oxygen atoms in total. The first-order valence-electron chi connectivity index (χ1n) is 8.67. The van der Waals surface area contributed by atoms with Crippen molar-refractivity contribution in [3.63, 3.8) is 0 Å². The second-order valence-electron chi connectivity index (χ2n) is 6.24. The number of amides is 2. The van der Waals surface area contributed by atoms with Gasteiger partial charge in [0.25, 0.3) is 5.91 Å². The van der Waals surface area contributed by atoms with E-state index in [1.165, 1.54) is 4.90 Å². The van der Waals surface area contributed by atoms with Crippen LogP contribution in [0, 0.1) is 6.92 Å². The zero-order valence-electron chi connectivity index (χ0n) is 15.3. The van der Waals surface area contributed by atoms with Crippen LogP contribution in [-0.4, -0.2) is 39.9 Å². The monoisotopic (exact) mass is 369 g/mol. The maximum Gasteiger partial charge on any atom is 0.414 e. The summed E-state index contributed by atoms with van der Waals surface area (Å²) in [6.07, 6.45) is 0.185. The Labute approximate surface area is 154 Å². The van der Waals surface area contributed by atoms with Crippen molar-refractivity contribution >= 4 is 34.4 Å². The first kappa shape index (κ1) is 17.1. The molecule has 1 aromatic carbocycles. The summed E-state index contributed by atoms with van der Waals surface area (Å²) in [5.74, 6) is 0.577. The van der Waals surface area contributed by atoms with Gasteiger partial charge in [0.15, 0.2) is 11.7 Å². The van der Waals surface area contributed by atoms with Crippen LogP contribution in [0.1, 0.15) is 29.1 Å². The van der Waals surface area contributed by atoms with Crippen LogP contribution in [0.15, 0.2) is 22.6 Å². The van der Waals surface area contributed by atoms with Crippen LogP contribution in [0.3, 0.4) is 0 Å². The third-order valence-electron chi connectivity index (χ3n) is 4.49. The number of fused-ring (bicyclic) bond motifs is 1. The Morgan fingerprint density at radius 1 is 1.37 bits per heavy atom. The molecule has 2 aromatic heterocycles. The summed E-state index contributed by atoms with van der Waals surface area (Å²) in [6.45, 7) is 4.40. The minimum atomic E-state index is -0.432. The van der Waals surface area contributed by atoms with Gasteiger partial charge >= 0.3 is 6.09 Å². The average molecular weight is 369 g/mol. The maximum absolute atomic E-state index is 12.7. The minimum Gasteiger partial charge on any atom is -0.447 e. The van der Waals surface area contributed by atoms with Gasteiger partial charge in [-0.25, -0.2) is 9.78 Å². The Bertz CT molecular complexity index is 1050. The number of nitrogens with zero attached hydrogens (tertiary/aromatic N) is 4. The lowest BCUT2D eigenvalue weighted by Crippen LogP contribution is -2.23. The minimum absolute atomic E-state index is 0.156. The average Bonchev–Trinajstić information content (AvgIpc) is 3.33. The van der Waals surface area contributed by atoms with Crippen molar-refractivity contribution in [2.24, 2.45) is 7.05 Å². The van der Waals surface area contributed by atoms with Crippen LogP contribution in [0.5, 0.6) is 0 Å². The highest BCUT2D eigenvalue weighted by Gasteiger charge is 2.28. The lowest BCUT2D eigenvalue weighted by molar-refractivity contribution is 0.0994. The molecule has 1 aliphatic heterocycles. The van der Waals surface area contributed by atoms with Gasteiger partial charge in [0.05, 0.1) is 28.8 Å². The molecule has 3 aromatic rings. The van der Waals surface area contributed by atoms with Crippen LogP contribution in [0.2, 0.25) is 0 Å². The number of oxazole rings is 1. The predicted octanol–water partition coefficient (Wildman–Crippen LogP) is 2.64. The molecule has 1 fully saturated rings. The van der Waals surface area contributed by atoms with E-state index in [9.17, 15) is 9.59 Å². The van der Waals surface area contributed by atoms with Gasteiger partial charge in [0.1, 0.15) is 6.61 Å². The molecule has 0 aliphatic carbocycles. The number of carbonyl (C=O) groups excluding carboxylic acids is 2. The summed E-state index contributed by atoms with van der Waals surface area (Å²) in [5.41, 5.74) is 1.95. The fourth-order valence-corrected chi connectivity index (χ4v) is 3.20. The summed E-state index contributed by atoms with van der Waals surface area (Å²) >= 11 is 0. The van der Waals surface area contributed by atoms with Crippen molar-refractivity contribution in [3.05, 3.63) is 35.5 Å². The summed E-state index contributed by atoms with van der Waals surface area (Å²) in [7, 11) is 1.78. The van der Waals surface area contributed by atoms with E-state index in [-0.39, 0.29) is 5.76 Å². The fourth-order valence-electron chi connectivity index (χ4n) is 3.20.